The van der Waals surface area contributed by atoms with Gasteiger partial charge in [0.05, 0.1) is 25.2 Å². The van der Waals surface area contributed by atoms with E-state index in [0.717, 1.165) is 17.2 Å². The quantitative estimate of drug-likeness (QED) is 0.687. The number of nitrogens with zero attached hydrogens (tertiary/aromatic N) is 1. The minimum absolute atomic E-state index is 0.00356. The van der Waals surface area contributed by atoms with E-state index in [1.807, 2.05) is 0 Å². The summed E-state index contributed by atoms with van der Waals surface area (Å²) in [7, 11) is -2.08. The molecule has 124 valence electrons. The van der Waals surface area contributed by atoms with Crippen LogP contribution in [-0.4, -0.2) is 56.8 Å². The van der Waals surface area contributed by atoms with E-state index < -0.39 is 21.7 Å². The summed E-state index contributed by atoms with van der Waals surface area (Å²) in [6.45, 7) is -0.442. The summed E-state index contributed by atoms with van der Waals surface area (Å²) in [4.78, 5) is 24.6. The minimum Gasteiger partial charge on any atom is -0.497 e. The minimum atomic E-state index is -3.47. The first-order chi connectivity index (χ1) is 10.8. The molecule has 2 rings (SSSR count). The highest BCUT2D eigenvalue weighted by molar-refractivity contribution is 7.90. The second kappa shape index (κ2) is 6.39. The molecule has 0 saturated heterocycles. The zero-order valence-electron chi connectivity index (χ0n) is 12.6. The molecule has 0 atom stereocenters. The first kappa shape index (κ1) is 17.0. The van der Waals surface area contributed by atoms with Crippen LogP contribution in [0.15, 0.2) is 34.9 Å². The number of nitrogens with one attached hydrogen (secondary N) is 1. The van der Waals surface area contributed by atoms with E-state index in [1.54, 1.807) is 0 Å². The Balaban J connectivity index is 2.32. The highest BCUT2D eigenvalue weighted by atomic mass is 32.2. The van der Waals surface area contributed by atoms with Crippen LogP contribution in [0, 0.1) is 0 Å². The molecule has 1 aromatic carbocycles. The highest BCUT2D eigenvalue weighted by Gasteiger charge is 2.30. The molecule has 23 heavy (non-hydrogen) atoms. The molecule has 0 unspecified atom stereocenters. The van der Waals surface area contributed by atoms with Gasteiger partial charge in [-0.3, -0.25) is 14.5 Å². The predicted octanol–water partition coefficient (Wildman–Crippen LogP) is -0.244. The molecule has 0 aliphatic carbocycles. The van der Waals surface area contributed by atoms with Crippen LogP contribution in [0.5, 0.6) is 5.75 Å². The average molecular weight is 340 g/mol. The Bertz CT molecular complexity index is 784. The number of carbonyl (C=O) groups is 2. The maximum atomic E-state index is 12.1. The van der Waals surface area contributed by atoms with Gasteiger partial charge in [0.15, 0.2) is 9.84 Å². The first-order valence-electron chi connectivity index (χ1n) is 6.61. The third kappa shape index (κ3) is 3.69. The molecule has 1 aromatic rings. The number of carbonyl (C=O) groups excluding carboxylic acids is 2. The zero-order chi connectivity index (χ0) is 17.2. The lowest BCUT2D eigenvalue weighted by atomic mass is 10.3. The van der Waals surface area contributed by atoms with E-state index in [4.69, 9.17) is 9.84 Å². The van der Waals surface area contributed by atoms with Crippen molar-refractivity contribution in [2.45, 2.75) is 4.90 Å². The number of imide groups is 1. The van der Waals surface area contributed by atoms with E-state index >= 15 is 0 Å². The molecule has 0 aromatic heterocycles. The standard InChI is InChI=1S/C14H16N2O6S/c1-22-10-5-9(6-11(7-10)23(2,20)21)15-12-8-13(18)16(3-4-17)14(12)19/h5-8,15,17H,3-4H2,1-2H3. The summed E-state index contributed by atoms with van der Waals surface area (Å²) in [6, 6.07) is 4.20. The van der Waals surface area contributed by atoms with E-state index in [1.165, 1.54) is 25.3 Å². The van der Waals surface area contributed by atoms with Gasteiger partial charge >= 0.3 is 0 Å². The number of hydrogen-bond donors (Lipinski definition) is 2. The van der Waals surface area contributed by atoms with Crippen molar-refractivity contribution in [2.24, 2.45) is 0 Å². The molecule has 2 N–H and O–H groups in total. The van der Waals surface area contributed by atoms with Gasteiger partial charge < -0.3 is 15.2 Å². The number of aliphatic hydroxyl groups excluding tert-OH is 1. The molecule has 8 nitrogen and oxygen atoms in total. The van der Waals surface area contributed by atoms with Gasteiger partial charge in [-0.15, -0.1) is 0 Å². The van der Waals surface area contributed by atoms with Crippen LogP contribution in [0.3, 0.4) is 0 Å². The summed E-state index contributed by atoms with van der Waals surface area (Å²) in [5, 5.41) is 11.6. The van der Waals surface area contributed by atoms with Gasteiger partial charge in [0.2, 0.25) is 0 Å². The molecule has 0 fully saturated rings. The number of hydrogen-bond acceptors (Lipinski definition) is 7. The summed E-state index contributed by atoms with van der Waals surface area (Å²) < 4.78 is 28.4. The van der Waals surface area contributed by atoms with Crippen LogP contribution < -0.4 is 10.1 Å². The van der Waals surface area contributed by atoms with Gasteiger partial charge in [0, 0.05) is 24.1 Å². The lowest BCUT2D eigenvalue weighted by Gasteiger charge is -2.14. The third-order valence-electron chi connectivity index (χ3n) is 3.16. The Morgan fingerprint density at radius 3 is 2.52 bits per heavy atom. The number of amides is 2. The second-order valence-electron chi connectivity index (χ2n) is 4.87. The molecular formula is C14H16N2O6S. The van der Waals surface area contributed by atoms with Gasteiger partial charge in [-0.25, -0.2) is 8.42 Å². The van der Waals surface area contributed by atoms with E-state index in [9.17, 15) is 18.0 Å². The van der Waals surface area contributed by atoms with Crippen molar-refractivity contribution < 1.29 is 27.9 Å². The number of rotatable bonds is 6. The van der Waals surface area contributed by atoms with Crippen LogP contribution >= 0.6 is 0 Å². The van der Waals surface area contributed by atoms with E-state index in [0.29, 0.717) is 11.4 Å². The lowest BCUT2D eigenvalue weighted by Crippen LogP contribution is -2.34. The number of anilines is 1. The SMILES string of the molecule is COc1cc(NC2=CC(=O)N(CCO)C2=O)cc(S(C)(=O)=O)c1. The zero-order valence-corrected chi connectivity index (χ0v) is 13.4. The van der Waals surface area contributed by atoms with Gasteiger partial charge in [-0.05, 0) is 12.1 Å². The maximum Gasteiger partial charge on any atom is 0.277 e. The van der Waals surface area contributed by atoms with Crippen LogP contribution in [0.25, 0.3) is 0 Å². The molecule has 0 spiro atoms. The monoisotopic (exact) mass is 340 g/mol. The topological polar surface area (TPSA) is 113 Å². The summed E-state index contributed by atoms with van der Waals surface area (Å²) in [5.74, 6) is -0.842. The largest absolute Gasteiger partial charge is 0.497 e. The Labute approximate surface area is 133 Å². The average Bonchev–Trinajstić information content (AvgIpc) is 2.74. The Morgan fingerprint density at radius 2 is 1.96 bits per heavy atom. The number of β-amino-alcohol motifs (C(OH)–C–C–N with tert-alkyl or cyclic N) is 1. The Hall–Kier alpha value is -2.39. The van der Waals surface area contributed by atoms with Gasteiger partial charge in [-0.2, -0.15) is 0 Å². The fraction of sp³-hybridized carbons (Fsp3) is 0.286. The summed E-state index contributed by atoms with van der Waals surface area (Å²) >= 11 is 0. The van der Waals surface area contributed by atoms with E-state index in [-0.39, 0.29) is 23.7 Å². The number of aliphatic hydroxyl groups is 1. The van der Waals surface area contributed by atoms with Crippen LogP contribution in [0.4, 0.5) is 5.69 Å². The maximum absolute atomic E-state index is 12.1. The molecule has 1 aliphatic rings. The van der Waals surface area contributed by atoms with Crippen LogP contribution in [0.2, 0.25) is 0 Å². The normalized spacial score (nSPS) is 14.9. The van der Waals surface area contributed by atoms with Crippen LogP contribution in [-0.2, 0) is 19.4 Å². The lowest BCUT2D eigenvalue weighted by molar-refractivity contribution is -0.137. The van der Waals surface area contributed by atoms with Crippen LogP contribution in [0.1, 0.15) is 0 Å². The third-order valence-corrected chi connectivity index (χ3v) is 4.25. The van der Waals surface area contributed by atoms with Crippen molar-refractivity contribution >= 4 is 27.3 Å². The smallest absolute Gasteiger partial charge is 0.277 e. The highest BCUT2D eigenvalue weighted by Crippen LogP contribution is 2.26. The number of sulfone groups is 1. The Kier molecular flexibility index (Phi) is 4.71. The molecule has 0 saturated carbocycles. The predicted molar refractivity (Wildman–Crippen MR) is 81.6 cm³/mol. The van der Waals surface area contributed by atoms with Crippen molar-refractivity contribution in [3.8, 4) is 5.75 Å². The number of ether oxygens (including phenoxy) is 1. The molecule has 2 amide bonds. The Morgan fingerprint density at radius 1 is 1.26 bits per heavy atom. The summed E-state index contributed by atoms with van der Waals surface area (Å²) in [6.07, 6.45) is 2.15. The van der Waals surface area contributed by atoms with E-state index in [2.05, 4.69) is 5.32 Å². The fourth-order valence-electron chi connectivity index (χ4n) is 2.04. The molecule has 0 bridgehead atoms. The molecule has 1 aliphatic heterocycles. The first-order valence-corrected chi connectivity index (χ1v) is 8.50. The number of methoxy groups -OCH3 is 1. The fourth-order valence-corrected chi connectivity index (χ4v) is 2.71. The van der Waals surface area contributed by atoms with Gasteiger partial charge in [0.25, 0.3) is 11.8 Å². The van der Waals surface area contributed by atoms with Crippen molar-refractivity contribution in [1.29, 1.82) is 0 Å². The van der Waals surface area contributed by atoms with Gasteiger partial charge in [0.1, 0.15) is 11.4 Å². The molecule has 1 heterocycles. The van der Waals surface area contributed by atoms with Crippen molar-refractivity contribution in [3.05, 3.63) is 30.0 Å². The van der Waals surface area contributed by atoms with Gasteiger partial charge in [-0.1, -0.05) is 0 Å². The summed E-state index contributed by atoms with van der Waals surface area (Å²) in [5.41, 5.74) is 0.291. The second-order valence-corrected chi connectivity index (χ2v) is 6.89. The number of benzene rings is 1. The van der Waals surface area contributed by atoms with Crippen molar-refractivity contribution in [2.75, 3.05) is 31.8 Å². The van der Waals surface area contributed by atoms with Crippen molar-refractivity contribution in [3.63, 3.8) is 0 Å². The molecule has 0 radical (unpaired) electrons. The van der Waals surface area contributed by atoms with Crippen molar-refractivity contribution in [1.82, 2.24) is 4.90 Å². The molecular weight excluding hydrogens is 324 g/mol. The molecule has 9 heteroatoms.